The quantitative estimate of drug-likeness (QED) is 0.734. The Hall–Kier alpha value is -3.45. The number of amides is 3. The number of carbonyl (C=O) groups is 3. The Bertz CT molecular complexity index is 995. The molecule has 0 bridgehead atoms. The first kappa shape index (κ1) is 20.3. The first-order chi connectivity index (χ1) is 13.8. The number of likely N-dealkylation sites (N-methyl/N-ethyl adjacent to an activating group) is 1. The molecule has 7 heteroatoms. The second kappa shape index (κ2) is 8.28. The minimum Gasteiger partial charge on any atom is -0.395 e. The fourth-order valence-electron chi connectivity index (χ4n) is 3.32. The zero-order valence-corrected chi connectivity index (χ0v) is 16.6. The van der Waals surface area contributed by atoms with E-state index in [-0.39, 0.29) is 30.3 Å². The fraction of sp³-hybridized carbons (Fsp3) is 0.227. The molecule has 0 radical (unpaired) electrons. The summed E-state index contributed by atoms with van der Waals surface area (Å²) in [6.45, 7) is 3.36. The molecular weight excluding hydrogens is 370 g/mol. The van der Waals surface area contributed by atoms with Gasteiger partial charge in [-0.15, -0.1) is 0 Å². The van der Waals surface area contributed by atoms with E-state index >= 15 is 0 Å². The molecule has 0 fully saturated rings. The van der Waals surface area contributed by atoms with Crippen molar-refractivity contribution in [2.45, 2.75) is 13.8 Å². The monoisotopic (exact) mass is 393 g/mol. The van der Waals surface area contributed by atoms with Crippen LogP contribution in [0.25, 0.3) is 5.57 Å². The molecule has 1 aliphatic heterocycles. The standard InChI is InChI=1S/C22H23N3O4/c1-14-5-4-6-18(13-14)25-21(28)19(20(22(25)29)24(3)11-12-26)16-7-9-17(10-8-16)23-15(2)27/h4-10,13,26H,11-12H2,1-3H3,(H,23,27). The fourth-order valence-corrected chi connectivity index (χ4v) is 3.32. The number of rotatable bonds is 6. The number of hydrogen-bond acceptors (Lipinski definition) is 5. The minimum absolute atomic E-state index is 0.152. The van der Waals surface area contributed by atoms with E-state index in [9.17, 15) is 19.5 Å². The Labute approximate surface area is 169 Å². The number of carbonyl (C=O) groups excluding carboxylic acids is 3. The van der Waals surface area contributed by atoms with Crippen molar-refractivity contribution < 1.29 is 19.5 Å². The van der Waals surface area contributed by atoms with Gasteiger partial charge in [-0.3, -0.25) is 14.4 Å². The molecule has 2 aromatic carbocycles. The van der Waals surface area contributed by atoms with E-state index in [0.717, 1.165) is 10.5 Å². The highest BCUT2D eigenvalue weighted by molar-refractivity contribution is 6.45. The van der Waals surface area contributed by atoms with E-state index in [4.69, 9.17) is 0 Å². The maximum absolute atomic E-state index is 13.3. The number of hydrogen-bond donors (Lipinski definition) is 2. The molecule has 1 aliphatic rings. The van der Waals surface area contributed by atoms with E-state index in [2.05, 4.69) is 5.32 Å². The third-order valence-electron chi connectivity index (χ3n) is 4.63. The number of aliphatic hydroxyl groups is 1. The van der Waals surface area contributed by atoms with Crippen molar-refractivity contribution in [3.63, 3.8) is 0 Å². The van der Waals surface area contributed by atoms with E-state index in [0.29, 0.717) is 16.9 Å². The van der Waals surface area contributed by atoms with Gasteiger partial charge in [-0.2, -0.15) is 0 Å². The van der Waals surface area contributed by atoms with E-state index in [1.807, 2.05) is 13.0 Å². The smallest absolute Gasteiger partial charge is 0.282 e. The summed E-state index contributed by atoms with van der Waals surface area (Å²) in [7, 11) is 1.67. The summed E-state index contributed by atoms with van der Waals surface area (Å²) < 4.78 is 0. The summed E-state index contributed by atoms with van der Waals surface area (Å²) in [4.78, 5) is 40.5. The molecule has 0 saturated carbocycles. The first-order valence-corrected chi connectivity index (χ1v) is 9.23. The van der Waals surface area contributed by atoms with Crippen LogP contribution in [0, 0.1) is 6.92 Å². The number of aliphatic hydroxyl groups excluding tert-OH is 1. The summed E-state index contributed by atoms with van der Waals surface area (Å²) in [5.74, 6) is -1.05. The van der Waals surface area contributed by atoms with Crippen molar-refractivity contribution in [1.29, 1.82) is 0 Å². The molecule has 0 atom stereocenters. The zero-order chi connectivity index (χ0) is 21.1. The van der Waals surface area contributed by atoms with Gasteiger partial charge < -0.3 is 15.3 Å². The van der Waals surface area contributed by atoms with Gasteiger partial charge >= 0.3 is 0 Å². The molecule has 3 amide bonds. The number of nitrogens with zero attached hydrogens (tertiary/aromatic N) is 2. The highest BCUT2D eigenvalue weighted by Crippen LogP contribution is 2.34. The minimum atomic E-state index is -0.433. The summed E-state index contributed by atoms with van der Waals surface area (Å²) in [5.41, 5.74) is 3.09. The third kappa shape index (κ3) is 4.05. The SMILES string of the molecule is CC(=O)Nc1ccc(C2=C(N(C)CCO)C(=O)N(c3cccc(C)c3)C2=O)cc1. The summed E-state index contributed by atoms with van der Waals surface area (Å²) in [6, 6.07) is 13.9. The van der Waals surface area contributed by atoms with Crippen LogP contribution in [0.2, 0.25) is 0 Å². The van der Waals surface area contributed by atoms with Crippen LogP contribution in [0.15, 0.2) is 54.2 Å². The van der Waals surface area contributed by atoms with E-state index in [1.165, 1.54) is 6.92 Å². The van der Waals surface area contributed by atoms with Crippen LogP contribution in [0.3, 0.4) is 0 Å². The average molecular weight is 393 g/mol. The topological polar surface area (TPSA) is 90.0 Å². The molecule has 0 spiro atoms. The normalized spacial score (nSPS) is 13.9. The van der Waals surface area contributed by atoms with E-state index < -0.39 is 11.8 Å². The van der Waals surface area contributed by atoms with Gasteiger partial charge in [0.15, 0.2) is 0 Å². The Morgan fingerprint density at radius 2 is 1.79 bits per heavy atom. The Morgan fingerprint density at radius 3 is 2.38 bits per heavy atom. The molecule has 3 rings (SSSR count). The van der Waals surface area contributed by atoms with Gasteiger partial charge in [0.25, 0.3) is 11.8 Å². The van der Waals surface area contributed by atoms with Crippen molar-refractivity contribution in [3.05, 3.63) is 65.4 Å². The molecule has 0 aromatic heterocycles. The van der Waals surface area contributed by atoms with Gasteiger partial charge in [-0.25, -0.2) is 4.90 Å². The van der Waals surface area contributed by atoms with Crippen LogP contribution in [-0.2, 0) is 14.4 Å². The second-order valence-electron chi connectivity index (χ2n) is 6.91. The lowest BCUT2D eigenvalue weighted by molar-refractivity contribution is -0.120. The molecule has 0 aliphatic carbocycles. The molecule has 2 aromatic rings. The van der Waals surface area contributed by atoms with Crippen LogP contribution >= 0.6 is 0 Å². The average Bonchev–Trinajstić information content (AvgIpc) is 2.92. The van der Waals surface area contributed by atoms with Gasteiger partial charge in [0.05, 0.1) is 17.9 Å². The summed E-state index contributed by atoms with van der Waals surface area (Å²) in [5, 5.41) is 12.0. The Balaban J connectivity index is 2.07. The van der Waals surface area contributed by atoms with Crippen molar-refractivity contribution >= 4 is 34.7 Å². The molecule has 29 heavy (non-hydrogen) atoms. The molecule has 7 nitrogen and oxygen atoms in total. The second-order valence-corrected chi connectivity index (χ2v) is 6.91. The van der Waals surface area contributed by atoms with Crippen molar-refractivity contribution in [1.82, 2.24) is 4.90 Å². The lowest BCUT2D eigenvalue weighted by Gasteiger charge is -2.20. The predicted molar refractivity (Wildman–Crippen MR) is 111 cm³/mol. The van der Waals surface area contributed by atoms with Gasteiger partial charge in [0, 0.05) is 26.2 Å². The molecule has 0 unspecified atom stereocenters. The number of nitrogens with one attached hydrogen (secondary N) is 1. The zero-order valence-electron chi connectivity index (χ0n) is 16.6. The summed E-state index contributed by atoms with van der Waals surface area (Å²) in [6.07, 6.45) is 0. The maximum Gasteiger partial charge on any atom is 0.282 e. The molecule has 0 saturated heterocycles. The highest BCUT2D eigenvalue weighted by atomic mass is 16.3. The molecule has 1 heterocycles. The maximum atomic E-state index is 13.3. The number of anilines is 2. The molecule has 150 valence electrons. The van der Waals surface area contributed by atoms with Crippen LogP contribution in [-0.4, -0.2) is 47.9 Å². The molecular formula is C22H23N3O4. The number of aryl methyl sites for hydroxylation is 1. The van der Waals surface area contributed by atoms with Crippen LogP contribution in [0.5, 0.6) is 0 Å². The largest absolute Gasteiger partial charge is 0.395 e. The Kier molecular flexibility index (Phi) is 5.79. The summed E-state index contributed by atoms with van der Waals surface area (Å²) >= 11 is 0. The number of imide groups is 1. The molecule has 2 N–H and O–H groups in total. The lowest BCUT2D eigenvalue weighted by atomic mass is 10.0. The van der Waals surface area contributed by atoms with Crippen LogP contribution < -0.4 is 10.2 Å². The van der Waals surface area contributed by atoms with Gasteiger partial charge in [-0.1, -0.05) is 24.3 Å². The van der Waals surface area contributed by atoms with Crippen molar-refractivity contribution in [2.75, 3.05) is 30.4 Å². The first-order valence-electron chi connectivity index (χ1n) is 9.23. The van der Waals surface area contributed by atoms with E-state index in [1.54, 1.807) is 54.4 Å². The van der Waals surface area contributed by atoms with Gasteiger partial charge in [0.2, 0.25) is 5.91 Å². The van der Waals surface area contributed by atoms with Gasteiger partial charge in [-0.05, 0) is 42.3 Å². The van der Waals surface area contributed by atoms with Crippen molar-refractivity contribution in [3.8, 4) is 0 Å². The van der Waals surface area contributed by atoms with Crippen LogP contribution in [0.4, 0.5) is 11.4 Å². The Morgan fingerprint density at radius 1 is 1.10 bits per heavy atom. The predicted octanol–water partition coefficient (Wildman–Crippen LogP) is 2.16. The third-order valence-corrected chi connectivity index (χ3v) is 4.63. The highest BCUT2D eigenvalue weighted by Gasteiger charge is 2.41. The lowest BCUT2D eigenvalue weighted by Crippen LogP contribution is -2.34. The van der Waals surface area contributed by atoms with Gasteiger partial charge in [0.1, 0.15) is 5.70 Å². The van der Waals surface area contributed by atoms with Crippen LogP contribution in [0.1, 0.15) is 18.1 Å². The van der Waals surface area contributed by atoms with Crippen molar-refractivity contribution in [2.24, 2.45) is 0 Å². The number of benzene rings is 2.